The lowest BCUT2D eigenvalue weighted by molar-refractivity contribution is 0.413. The number of hydrogen-bond acceptors (Lipinski definition) is 2. The summed E-state index contributed by atoms with van der Waals surface area (Å²) in [5, 5.41) is 9.45. The molecular weight excluding hydrogens is 205 g/mol. The number of nitrogens with two attached hydrogens (primary N) is 1. The molecule has 0 aliphatic heterocycles. The Hall–Kier alpha value is -0.800. The molecule has 1 unspecified atom stereocenters. The van der Waals surface area contributed by atoms with Gasteiger partial charge in [0.1, 0.15) is 11.6 Å². The summed E-state index contributed by atoms with van der Waals surface area (Å²) in [6.07, 6.45) is 0.599. The van der Waals surface area contributed by atoms with Crippen molar-refractivity contribution in [3.05, 3.63) is 28.5 Å². The molecule has 0 amide bonds. The highest BCUT2D eigenvalue weighted by Gasteiger charge is 2.23. The SMILES string of the molecule is CCC(C)(N)c1cc(F)c(Cl)cc1O. The molecule has 0 radical (unpaired) electrons. The molecule has 0 aliphatic rings. The van der Waals surface area contributed by atoms with Crippen LogP contribution in [0.4, 0.5) is 4.39 Å². The summed E-state index contributed by atoms with van der Waals surface area (Å²) in [6, 6.07) is 2.36. The number of phenols is 1. The topological polar surface area (TPSA) is 46.2 Å². The normalized spacial score (nSPS) is 15.2. The third-order valence-electron chi connectivity index (χ3n) is 2.39. The molecule has 1 rings (SSSR count). The number of aromatic hydroxyl groups is 1. The van der Waals surface area contributed by atoms with E-state index in [4.69, 9.17) is 17.3 Å². The number of phenolic OH excluding ortho intramolecular Hbond substituents is 1. The number of rotatable bonds is 2. The van der Waals surface area contributed by atoms with Crippen LogP contribution in [0.2, 0.25) is 5.02 Å². The number of hydrogen-bond donors (Lipinski definition) is 2. The largest absolute Gasteiger partial charge is 0.508 e. The van der Waals surface area contributed by atoms with Crippen molar-refractivity contribution in [1.29, 1.82) is 0 Å². The number of benzene rings is 1. The molecule has 0 bridgehead atoms. The quantitative estimate of drug-likeness (QED) is 0.800. The van der Waals surface area contributed by atoms with Crippen LogP contribution >= 0.6 is 11.6 Å². The van der Waals surface area contributed by atoms with Crippen molar-refractivity contribution < 1.29 is 9.50 Å². The van der Waals surface area contributed by atoms with Crippen molar-refractivity contribution in [2.75, 3.05) is 0 Å². The van der Waals surface area contributed by atoms with Crippen molar-refractivity contribution in [3.63, 3.8) is 0 Å². The summed E-state index contributed by atoms with van der Waals surface area (Å²) in [6.45, 7) is 3.60. The first-order chi connectivity index (χ1) is 6.38. The third-order valence-corrected chi connectivity index (χ3v) is 2.68. The van der Waals surface area contributed by atoms with Crippen LogP contribution in [0.1, 0.15) is 25.8 Å². The molecule has 1 atom stereocenters. The van der Waals surface area contributed by atoms with Crippen molar-refractivity contribution in [2.24, 2.45) is 5.73 Å². The fraction of sp³-hybridized carbons (Fsp3) is 0.400. The zero-order chi connectivity index (χ0) is 10.9. The summed E-state index contributed by atoms with van der Waals surface area (Å²) in [4.78, 5) is 0. The molecule has 4 heteroatoms. The van der Waals surface area contributed by atoms with Gasteiger partial charge in [0, 0.05) is 17.2 Å². The molecule has 0 spiro atoms. The van der Waals surface area contributed by atoms with E-state index in [1.54, 1.807) is 6.92 Å². The van der Waals surface area contributed by atoms with E-state index in [1.165, 1.54) is 12.1 Å². The van der Waals surface area contributed by atoms with E-state index in [0.717, 1.165) is 0 Å². The van der Waals surface area contributed by atoms with Crippen LogP contribution in [-0.4, -0.2) is 5.11 Å². The molecule has 0 fully saturated rings. The van der Waals surface area contributed by atoms with Gasteiger partial charge in [0.25, 0.3) is 0 Å². The highest BCUT2D eigenvalue weighted by atomic mass is 35.5. The molecule has 2 nitrogen and oxygen atoms in total. The Labute approximate surface area is 87.5 Å². The molecule has 0 saturated carbocycles. The van der Waals surface area contributed by atoms with Crippen LogP contribution in [0.5, 0.6) is 5.75 Å². The van der Waals surface area contributed by atoms with E-state index in [9.17, 15) is 9.50 Å². The van der Waals surface area contributed by atoms with Gasteiger partial charge in [0.05, 0.1) is 5.02 Å². The second-order valence-electron chi connectivity index (χ2n) is 3.55. The van der Waals surface area contributed by atoms with Crippen molar-refractivity contribution in [3.8, 4) is 5.75 Å². The van der Waals surface area contributed by atoms with Gasteiger partial charge >= 0.3 is 0 Å². The van der Waals surface area contributed by atoms with Gasteiger partial charge in [-0.3, -0.25) is 0 Å². The molecule has 0 heterocycles. The molecule has 0 aromatic heterocycles. The maximum Gasteiger partial charge on any atom is 0.142 e. The second-order valence-corrected chi connectivity index (χ2v) is 3.96. The number of halogens is 2. The van der Waals surface area contributed by atoms with Gasteiger partial charge in [-0.05, 0) is 19.4 Å². The third kappa shape index (κ3) is 1.99. The average Bonchev–Trinajstić information content (AvgIpc) is 2.11. The highest BCUT2D eigenvalue weighted by molar-refractivity contribution is 6.30. The minimum Gasteiger partial charge on any atom is -0.508 e. The zero-order valence-corrected chi connectivity index (χ0v) is 8.90. The van der Waals surface area contributed by atoms with Gasteiger partial charge in [-0.1, -0.05) is 18.5 Å². The summed E-state index contributed by atoms with van der Waals surface area (Å²) in [5.74, 6) is -0.632. The monoisotopic (exact) mass is 217 g/mol. The standard InChI is InChI=1S/C10H13ClFNO/c1-3-10(2,13)6-4-8(12)7(11)5-9(6)14/h4-5,14H,3,13H2,1-2H3. The predicted octanol–water partition coefficient (Wildman–Crippen LogP) is 2.77. The van der Waals surface area contributed by atoms with Gasteiger partial charge < -0.3 is 10.8 Å². The van der Waals surface area contributed by atoms with Crippen LogP contribution in [0.15, 0.2) is 12.1 Å². The van der Waals surface area contributed by atoms with Crippen LogP contribution in [-0.2, 0) is 5.54 Å². The van der Waals surface area contributed by atoms with Gasteiger partial charge in [-0.15, -0.1) is 0 Å². The average molecular weight is 218 g/mol. The van der Waals surface area contributed by atoms with E-state index in [-0.39, 0.29) is 10.8 Å². The molecule has 78 valence electrons. The van der Waals surface area contributed by atoms with Gasteiger partial charge in [0.15, 0.2) is 0 Å². The molecule has 3 N–H and O–H groups in total. The van der Waals surface area contributed by atoms with E-state index in [2.05, 4.69) is 0 Å². The first-order valence-electron chi connectivity index (χ1n) is 4.36. The van der Waals surface area contributed by atoms with Crippen LogP contribution in [0.3, 0.4) is 0 Å². The second kappa shape index (κ2) is 3.75. The van der Waals surface area contributed by atoms with E-state index in [1.807, 2.05) is 6.92 Å². The molecular formula is C10H13ClFNO. The maximum absolute atomic E-state index is 13.1. The van der Waals surface area contributed by atoms with Crippen molar-refractivity contribution in [2.45, 2.75) is 25.8 Å². The Balaban J connectivity index is 3.29. The van der Waals surface area contributed by atoms with Gasteiger partial charge in [0.2, 0.25) is 0 Å². The van der Waals surface area contributed by atoms with Crippen LogP contribution in [0, 0.1) is 5.82 Å². The lowest BCUT2D eigenvalue weighted by Crippen LogP contribution is -2.32. The fourth-order valence-corrected chi connectivity index (χ4v) is 1.34. The van der Waals surface area contributed by atoms with Crippen molar-refractivity contribution in [1.82, 2.24) is 0 Å². The predicted molar refractivity (Wildman–Crippen MR) is 54.9 cm³/mol. The molecule has 1 aromatic rings. The lowest BCUT2D eigenvalue weighted by atomic mass is 9.90. The Bertz CT molecular complexity index is 352. The summed E-state index contributed by atoms with van der Waals surface area (Å²) in [7, 11) is 0. The molecule has 1 aromatic carbocycles. The van der Waals surface area contributed by atoms with Crippen LogP contribution < -0.4 is 5.73 Å². The Kier molecular flexibility index (Phi) is 3.02. The van der Waals surface area contributed by atoms with E-state index < -0.39 is 11.4 Å². The first-order valence-corrected chi connectivity index (χ1v) is 4.73. The van der Waals surface area contributed by atoms with Crippen molar-refractivity contribution >= 4 is 11.6 Å². The molecule has 0 saturated heterocycles. The molecule has 0 aliphatic carbocycles. The minimum atomic E-state index is -0.741. The van der Waals surface area contributed by atoms with E-state index in [0.29, 0.717) is 12.0 Å². The molecule has 14 heavy (non-hydrogen) atoms. The maximum atomic E-state index is 13.1. The van der Waals surface area contributed by atoms with E-state index >= 15 is 0 Å². The Morgan fingerprint density at radius 1 is 1.57 bits per heavy atom. The lowest BCUT2D eigenvalue weighted by Gasteiger charge is -2.24. The summed E-state index contributed by atoms with van der Waals surface area (Å²) < 4.78 is 13.1. The first kappa shape index (κ1) is 11.3. The minimum absolute atomic E-state index is 0.0664. The van der Waals surface area contributed by atoms with Gasteiger partial charge in [-0.2, -0.15) is 0 Å². The fourth-order valence-electron chi connectivity index (χ4n) is 1.18. The Morgan fingerprint density at radius 2 is 2.14 bits per heavy atom. The Morgan fingerprint density at radius 3 is 2.64 bits per heavy atom. The summed E-state index contributed by atoms with van der Waals surface area (Å²) >= 11 is 5.50. The smallest absolute Gasteiger partial charge is 0.142 e. The highest BCUT2D eigenvalue weighted by Crippen LogP contribution is 2.33. The zero-order valence-electron chi connectivity index (χ0n) is 8.14. The van der Waals surface area contributed by atoms with Gasteiger partial charge in [-0.25, -0.2) is 4.39 Å². The summed E-state index contributed by atoms with van der Waals surface area (Å²) in [5.41, 5.74) is 5.52. The van der Waals surface area contributed by atoms with Crippen LogP contribution in [0.25, 0.3) is 0 Å².